The third-order valence-electron chi connectivity index (χ3n) is 4.22. The van der Waals surface area contributed by atoms with Gasteiger partial charge < -0.3 is 10.1 Å². The van der Waals surface area contributed by atoms with E-state index in [4.69, 9.17) is 4.74 Å². The molecule has 2 N–H and O–H groups in total. The number of aryl methyl sites for hydroxylation is 2. The van der Waals surface area contributed by atoms with Gasteiger partial charge in [0.15, 0.2) is 5.82 Å². The number of aromatic amines is 1. The van der Waals surface area contributed by atoms with Crippen LogP contribution in [0.5, 0.6) is 11.6 Å². The minimum atomic E-state index is -0.365. The second kappa shape index (κ2) is 7.93. The van der Waals surface area contributed by atoms with Gasteiger partial charge in [0.05, 0.1) is 11.9 Å². The molecule has 1 amide bonds. The first kappa shape index (κ1) is 18.4. The molecule has 0 unspecified atom stereocenters. The molecule has 7 heteroatoms. The van der Waals surface area contributed by atoms with Crippen LogP contribution in [0.25, 0.3) is 11.3 Å². The fraction of sp³-hybridized carbons (Fsp3) is 0.0909. The van der Waals surface area contributed by atoms with Gasteiger partial charge >= 0.3 is 0 Å². The van der Waals surface area contributed by atoms with Crippen molar-refractivity contribution in [1.82, 2.24) is 20.2 Å². The number of H-pyrrole nitrogens is 1. The van der Waals surface area contributed by atoms with Crippen LogP contribution in [0.1, 0.15) is 21.5 Å². The van der Waals surface area contributed by atoms with E-state index in [1.54, 1.807) is 48.9 Å². The molecule has 0 saturated heterocycles. The highest BCUT2D eigenvalue weighted by atomic mass is 16.5. The summed E-state index contributed by atoms with van der Waals surface area (Å²) < 4.78 is 5.71. The molecule has 0 fully saturated rings. The van der Waals surface area contributed by atoms with Gasteiger partial charge in [0.1, 0.15) is 11.3 Å². The highest BCUT2D eigenvalue weighted by Gasteiger charge is 2.16. The van der Waals surface area contributed by atoms with Gasteiger partial charge in [-0.25, -0.2) is 4.98 Å². The average Bonchev–Trinajstić information content (AvgIpc) is 3.17. The zero-order valence-corrected chi connectivity index (χ0v) is 16.0. The molecule has 0 aliphatic carbocycles. The normalized spacial score (nSPS) is 10.6. The van der Waals surface area contributed by atoms with Gasteiger partial charge in [0, 0.05) is 24.0 Å². The van der Waals surface area contributed by atoms with Gasteiger partial charge in [-0.2, -0.15) is 5.10 Å². The highest BCUT2D eigenvalue weighted by molar-refractivity contribution is 6.05. The number of pyridine rings is 2. The molecule has 7 nitrogen and oxygen atoms in total. The first-order valence-corrected chi connectivity index (χ1v) is 9.07. The van der Waals surface area contributed by atoms with E-state index in [2.05, 4.69) is 43.7 Å². The van der Waals surface area contributed by atoms with Crippen molar-refractivity contribution in [2.24, 2.45) is 0 Å². The Hall–Kier alpha value is -4.00. The molecule has 0 spiro atoms. The molecule has 0 bridgehead atoms. The van der Waals surface area contributed by atoms with Gasteiger partial charge in [-0.05, 0) is 50.2 Å². The lowest BCUT2D eigenvalue weighted by atomic mass is 10.1. The summed E-state index contributed by atoms with van der Waals surface area (Å²) in [5.41, 5.74) is 4.45. The first-order valence-electron chi connectivity index (χ1n) is 9.07. The van der Waals surface area contributed by atoms with E-state index in [1.807, 2.05) is 13.8 Å². The number of carbonyl (C=O) groups excluding carboxylic acids is 1. The molecule has 3 aromatic heterocycles. The van der Waals surface area contributed by atoms with Crippen LogP contribution in [-0.2, 0) is 0 Å². The fourth-order valence-corrected chi connectivity index (χ4v) is 3.01. The summed E-state index contributed by atoms with van der Waals surface area (Å²) in [6.07, 6.45) is 4.76. The second-order valence-electron chi connectivity index (χ2n) is 6.64. The third-order valence-corrected chi connectivity index (χ3v) is 4.22. The largest absolute Gasteiger partial charge is 0.437 e. The average molecular weight is 385 g/mol. The predicted molar refractivity (Wildman–Crippen MR) is 110 cm³/mol. The molecule has 0 atom stereocenters. The standard InChI is InChI=1S/C22H19N5O2/c1-14-9-15(2)11-16(10-14)19-12-20(27-26-19)25-21(28)18-6-4-8-24-22(18)29-17-5-3-7-23-13-17/h3-13H,1-2H3,(H2,25,26,27,28). The Labute approximate surface area is 167 Å². The maximum atomic E-state index is 12.8. The molecule has 4 rings (SSSR count). The molecule has 1 aromatic carbocycles. The van der Waals surface area contributed by atoms with Crippen LogP contribution in [0, 0.1) is 13.8 Å². The molecular weight excluding hydrogens is 366 g/mol. The molecule has 0 aliphatic rings. The number of hydrogen-bond acceptors (Lipinski definition) is 5. The summed E-state index contributed by atoms with van der Waals surface area (Å²) >= 11 is 0. The van der Waals surface area contributed by atoms with Crippen molar-refractivity contribution in [3.8, 4) is 22.9 Å². The van der Waals surface area contributed by atoms with E-state index in [-0.39, 0.29) is 11.8 Å². The molecular formula is C22H19N5O2. The monoisotopic (exact) mass is 385 g/mol. The number of hydrogen-bond donors (Lipinski definition) is 2. The lowest BCUT2D eigenvalue weighted by Gasteiger charge is -2.08. The SMILES string of the molecule is Cc1cc(C)cc(-c2cc(NC(=O)c3cccnc3Oc3cccnc3)n[nH]2)c1. The summed E-state index contributed by atoms with van der Waals surface area (Å²) in [6.45, 7) is 4.09. The quantitative estimate of drug-likeness (QED) is 0.527. The predicted octanol–water partition coefficient (Wildman–Crippen LogP) is 4.53. The number of nitrogens with zero attached hydrogens (tertiary/aromatic N) is 3. The Morgan fingerprint density at radius 1 is 1.03 bits per heavy atom. The maximum Gasteiger partial charge on any atom is 0.262 e. The summed E-state index contributed by atoms with van der Waals surface area (Å²) in [6, 6.07) is 14.8. The summed E-state index contributed by atoms with van der Waals surface area (Å²) in [5, 5.41) is 9.96. The minimum absolute atomic E-state index is 0.197. The Kier molecular flexibility index (Phi) is 5.03. The number of ether oxygens (including phenoxy) is 1. The molecule has 144 valence electrons. The van der Waals surface area contributed by atoms with Gasteiger partial charge in [-0.3, -0.25) is 14.9 Å². The number of nitrogens with one attached hydrogen (secondary N) is 2. The van der Waals surface area contributed by atoms with E-state index in [9.17, 15) is 4.79 Å². The maximum absolute atomic E-state index is 12.8. The smallest absolute Gasteiger partial charge is 0.262 e. The molecule has 29 heavy (non-hydrogen) atoms. The van der Waals surface area contributed by atoms with Gasteiger partial charge in [0.25, 0.3) is 5.91 Å². The number of amides is 1. The van der Waals surface area contributed by atoms with Crippen molar-refractivity contribution in [2.75, 3.05) is 5.32 Å². The van der Waals surface area contributed by atoms with Crippen molar-refractivity contribution in [3.05, 3.63) is 83.8 Å². The van der Waals surface area contributed by atoms with Crippen LogP contribution in [0.15, 0.2) is 67.1 Å². The molecule has 0 aliphatic heterocycles. The zero-order chi connectivity index (χ0) is 20.2. The van der Waals surface area contributed by atoms with Crippen LogP contribution >= 0.6 is 0 Å². The fourth-order valence-electron chi connectivity index (χ4n) is 3.01. The van der Waals surface area contributed by atoms with Crippen molar-refractivity contribution in [1.29, 1.82) is 0 Å². The van der Waals surface area contributed by atoms with Crippen LogP contribution in [0.2, 0.25) is 0 Å². The van der Waals surface area contributed by atoms with Crippen molar-refractivity contribution in [2.45, 2.75) is 13.8 Å². The number of benzene rings is 1. The Morgan fingerprint density at radius 2 is 1.83 bits per heavy atom. The highest BCUT2D eigenvalue weighted by Crippen LogP contribution is 2.25. The number of carbonyl (C=O) groups is 1. The summed E-state index contributed by atoms with van der Waals surface area (Å²) in [4.78, 5) is 20.9. The van der Waals surface area contributed by atoms with Crippen LogP contribution in [-0.4, -0.2) is 26.1 Å². The lowest BCUT2D eigenvalue weighted by molar-refractivity contribution is 0.102. The van der Waals surface area contributed by atoms with Gasteiger partial charge in [0.2, 0.25) is 5.88 Å². The summed E-state index contributed by atoms with van der Waals surface area (Å²) in [5.74, 6) is 0.746. The zero-order valence-electron chi connectivity index (χ0n) is 16.0. The van der Waals surface area contributed by atoms with Gasteiger partial charge in [-0.1, -0.05) is 17.2 Å². The van der Waals surface area contributed by atoms with E-state index in [0.717, 1.165) is 22.4 Å². The lowest BCUT2D eigenvalue weighted by Crippen LogP contribution is -2.13. The van der Waals surface area contributed by atoms with E-state index in [0.29, 0.717) is 17.1 Å². The van der Waals surface area contributed by atoms with Crippen LogP contribution in [0.3, 0.4) is 0 Å². The van der Waals surface area contributed by atoms with Crippen LogP contribution < -0.4 is 10.1 Å². The minimum Gasteiger partial charge on any atom is -0.437 e. The van der Waals surface area contributed by atoms with E-state index in [1.165, 1.54) is 0 Å². The Bertz CT molecular complexity index is 1130. The van der Waals surface area contributed by atoms with Gasteiger partial charge in [-0.15, -0.1) is 0 Å². The molecule has 4 aromatic rings. The van der Waals surface area contributed by atoms with Crippen molar-refractivity contribution in [3.63, 3.8) is 0 Å². The first-order chi connectivity index (χ1) is 14.1. The van der Waals surface area contributed by atoms with E-state index < -0.39 is 0 Å². The molecule has 0 saturated carbocycles. The Morgan fingerprint density at radius 3 is 2.59 bits per heavy atom. The Balaban J connectivity index is 1.54. The second-order valence-corrected chi connectivity index (χ2v) is 6.64. The number of rotatable bonds is 5. The van der Waals surface area contributed by atoms with Crippen LogP contribution in [0.4, 0.5) is 5.82 Å². The number of anilines is 1. The molecule has 0 radical (unpaired) electrons. The summed E-state index contributed by atoms with van der Waals surface area (Å²) in [7, 11) is 0. The van der Waals surface area contributed by atoms with Crippen molar-refractivity contribution < 1.29 is 9.53 Å². The third kappa shape index (κ3) is 4.30. The topological polar surface area (TPSA) is 92.8 Å². The van der Waals surface area contributed by atoms with Crippen molar-refractivity contribution >= 4 is 11.7 Å². The van der Waals surface area contributed by atoms with E-state index >= 15 is 0 Å². The number of aromatic nitrogens is 4. The molecule has 3 heterocycles.